The highest BCUT2D eigenvalue weighted by atomic mass is 16.5. The summed E-state index contributed by atoms with van der Waals surface area (Å²) in [5.41, 5.74) is 0.696. The Balaban J connectivity index is 1.31. The maximum Gasteiger partial charge on any atom is 0.229 e. The first-order chi connectivity index (χ1) is 13.6. The summed E-state index contributed by atoms with van der Waals surface area (Å²) in [6.45, 7) is 3.10. The van der Waals surface area contributed by atoms with Crippen molar-refractivity contribution >= 4 is 17.5 Å². The van der Waals surface area contributed by atoms with Crippen molar-refractivity contribution in [2.75, 3.05) is 18.5 Å². The molecule has 2 aromatic carbocycles. The molecule has 6 heteroatoms. The number of amides is 2. The molecule has 0 unspecified atom stereocenters. The van der Waals surface area contributed by atoms with Gasteiger partial charge in [0.2, 0.25) is 11.8 Å². The summed E-state index contributed by atoms with van der Waals surface area (Å²) >= 11 is 0. The van der Waals surface area contributed by atoms with Crippen LogP contribution in [0.5, 0.6) is 17.2 Å². The first-order valence-corrected chi connectivity index (χ1v) is 9.73. The van der Waals surface area contributed by atoms with E-state index in [1.165, 1.54) is 0 Å². The van der Waals surface area contributed by atoms with E-state index in [1.807, 2.05) is 48.2 Å². The van der Waals surface area contributed by atoms with Gasteiger partial charge in [-0.05, 0) is 68.3 Å². The van der Waals surface area contributed by atoms with Gasteiger partial charge in [-0.15, -0.1) is 0 Å². The van der Waals surface area contributed by atoms with Crippen molar-refractivity contribution in [1.82, 2.24) is 4.90 Å². The van der Waals surface area contributed by atoms with Crippen LogP contribution in [0, 0.1) is 5.92 Å². The molecule has 2 amide bonds. The van der Waals surface area contributed by atoms with Crippen LogP contribution < -0.4 is 14.8 Å². The molecule has 4 rings (SSSR count). The third-order valence-corrected chi connectivity index (χ3v) is 5.01. The SMILES string of the molecule is CCOc1ccc(Oc2ccc(NC(=O)[C@@H]3CC(=O)N(C4CC4)C3)cc2)cc1. The number of ether oxygens (including phenoxy) is 2. The Bertz CT molecular complexity index is 844. The van der Waals surface area contributed by atoms with Crippen LogP contribution in [0.15, 0.2) is 48.5 Å². The Kier molecular flexibility index (Phi) is 5.19. The second kappa shape index (κ2) is 7.92. The lowest BCUT2D eigenvalue weighted by Gasteiger charge is -2.15. The number of carbonyl (C=O) groups excluding carboxylic acids is 2. The van der Waals surface area contributed by atoms with Gasteiger partial charge in [-0.25, -0.2) is 0 Å². The predicted molar refractivity (Wildman–Crippen MR) is 106 cm³/mol. The smallest absolute Gasteiger partial charge is 0.229 e. The van der Waals surface area contributed by atoms with Gasteiger partial charge in [0.05, 0.1) is 12.5 Å². The maximum atomic E-state index is 12.5. The first-order valence-electron chi connectivity index (χ1n) is 9.73. The van der Waals surface area contributed by atoms with Gasteiger partial charge < -0.3 is 19.7 Å². The monoisotopic (exact) mass is 380 g/mol. The maximum absolute atomic E-state index is 12.5. The zero-order valence-corrected chi connectivity index (χ0v) is 15.9. The van der Waals surface area contributed by atoms with Crippen molar-refractivity contribution in [3.05, 3.63) is 48.5 Å². The Morgan fingerprint density at radius 2 is 1.64 bits per heavy atom. The van der Waals surface area contributed by atoms with E-state index in [2.05, 4.69) is 5.32 Å². The van der Waals surface area contributed by atoms with Crippen LogP contribution in [-0.2, 0) is 9.59 Å². The summed E-state index contributed by atoms with van der Waals surface area (Å²) in [7, 11) is 0. The molecule has 0 aromatic heterocycles. The molecule has 146 valence electrons. The minimum Gasteiger partial charge on any atom is -0.494 e. The van der Waals surface area contributed by atoms with Gasteiger partial charge in [0, 0.05) is 24.7 Å². The second-order valence-electron chi connectivity index (χ2n) is 7.20. The molecule has 1 aliphatic carbocycles. The van der Waals surface area contributed by atoms with E-state index in [1.54, 1.807) is 12.1 Å². The largest absolute Gasteiger partial charge is 0.494 e. The van der Waals surface area contributed by atoms with Crippen molar-refractivity contribution in [3.63, 3.8) is 0 Å². The normalized spacial score (nSPS) is 18.8. The third kappa shape index (κ3) is 4.27. The first kappa shape index (κ1) is 18.3. The molecular weight excluding hydrogens is 356 g/mol. The molecule has 0 spiro atoms. The van der Waals surface area contributed by atoms with Crippen molar-refractivity contribution in [3.8, 4) is 17.2 Å². The highest BCUT2D eigenvalue weighted by Gasteiger charge is 2.41. The molecule has 0 bridgehead atoms. The van der Waals surface area contributed by atoms with E-state index in [0.717, 1.165) is 18.6 Å². The molecule has 2 aromatic rings. The fourth-order valence-corrected chi connectivity index (χ4v) is 3.40. The Morgan fingerprint density at radius 1 is 1.04 bits per heavy atom. The summed E-state index contributed by atoms with van der Waals surface area (Å²) in [4.78, 5) is 26.4. The van der Waals surface area contributed by atoms with Crippen LogP contribution in [0.2, 0.25) is 0 Å². The lowest BCUT2D eigenvalue weighted by Crippen LogP contribution is -2.29. The Morgan fingerprint density at radius 3 is 2.25 bits per heavy atom. The summed E-state index contributed by atoms with van der Waals surface area (Å²) in [5, 5.41) is 2.91. The topological polar surface area (TPSA) is 67.9 Å². The van der Waals surface area contributed by atoms with E-state index < -0.39 is 0 Å². The van der Waals surface area contributed by atoms with Crippen LogP contribution in [-0.4, -0.2) is 35.9 Å². The standard InChI is InChI=1S/C22H24N2O4/c1-2-27-18-9-11-20(12-10-18)28-19-7-3-16(4-8-19)23-22(26)15-13-21(25)24(14-15)17-5-6-17/h3-4,7-12,15,17H,2,5-6,13-14H2,1H3,(H,23,26)/t15-/m1/s1. The zero-order chi connectivity index (χ0) is 19.5. The fraction of sp³-hybridized carbons (Fsp3) is 0.364. The zero-order valence-electron chi connectivity index (χ0n) is 15.9. The van der Waals surface area contributed by atoms with E-state index in [0.29, 0.717) is 42.8 Å². The number of hydrogen-bond acceptors (Lipinski definition) is 4. The van der Waals surface area contributed by atoms with Crippen LogP contribution in [0.25, 0.3) is 0 Å². The molecule has 1 N–H and O–H groups in total. The predicted octanol–water partition coefficient (Wildman–Crippen LogP) is 3.83. The van der Waals surface area contributed by atoms with Gasteiger partial charge in [-0.1, -0.05) is 0 Å². The molecule has 2 aliphatic rings. The number of anilines is 1. The summed E-state index contributed by atoms with van der Waals surface area (Å²) < 4.78 is 11.2. The van der Waals surface area contributed by atoms with Crippen LogP contribution in [0.1, 0.15) is 26.2 Å². The highest BCUT2D eigenvalue weighted by Crippen LogP contribution is 2.33. The average Bonchev–Trinajstić information content (AvgIpc) is 3.46. The third-order valence-electron chi connectivity index (χ3n) is 5.01. The number of likely N-dealkylation sites (tertiary alicyclic amines) is 1. The van der Waals surface area contributed by atoms with Crippen molar-refractivity contribution in [1.29, 1.82) is 0 Å². The van der Waals surface area contributed by atoms with Gasteiger partial charge in [0.1, 0.15) is 17.2 Å². The van der Waals surface area contributed by atoms with E-state index in [9.17, 15) is 9.59 Å². The van der Waals surface area contributed by atoms with E-state index in [4.69, 9.17) is 9.47 Å². The lowest BCUT2D eigenvalue weighted by molar-refractivity contribution is -0.128. The van der Waals surface area contributed by atoms with Crippen LogP contribution in [0.4, 0.5) is 5.69 Å². The molecular formula is C22H24N2O4. The molecule has 0 radical (unpaired) electrons. The quantitative estimate of drug-likeness (QED) is 0.793. The minimum absolute atomic E-state index is 0.0988. The molecule has 1 aliphatic heterocycles. The highest BCUT2D eigenvalue weighted by molar-refractivity contribution is 5.97. The van der Waals surface area contributed by atoms with E-state index in [-0.39, 0.29) is 17.7 Å². The number of benzene rings is 2. The molecule has 1 saturated carbocycles. The number of rotatable bonds is 7. The Labute approximate surface area is 164 Å². The van der Waals surface area contributed by atoms with Crippen molar-refractivity contribution in [2.24, 2.45) is 5.92 Å². The average molecular weight is 380 g/mol. The summed E-state index contributed by atoms with van der Waals surface area (Å²) in [5.74, 6) is 1.92. The van der Waals surface area contributed by atoms with Gasteiger partial charge in [0.15, 0.2) is 0 Å². The van der Waals surface area contributed by atoms with Crippen molar-refractivity contribution < 1.29 is 19.1 Å². The molecule has 1 atom stereocenters. The van der Waals surface area contributed by atoms with Gasteiger partial charge in [0.25, 0.3) is 0 Å². The van der Waals surface area contributed by atoms with Gasteiger partial charge in [-0.2, -0.15) is 0 Å². The molecule has 2 fully saturated rings. The molecule has 1 saturated heterocycles. The summed E-state index contributed by atoms with van der Waals surface area (Å²) in [6.07, 6.45) is 2.44. The molecule has 28 heavy (non-hydrogen) atoms. The number of carbonyl (C=O) groups is 2. The minimum atomic E-state index is -0.270. The molecule has 6 nitrogen and oxygen atoms in total. The molecule has 1 heterocycles. The lowest BCUT2D eigenvalue weighted by atomic mass is 10.1. The van der Waals surface area contributed by atoms with Crippen LogP contribution in [0.3, 0.4) is 0 Å². The van der Waals surface area contributed by atoms with E-state index >= 15 is 0 Å². The number of hydrogen-bond donors (Lipinski definition) is 1. The van der Waals surface area contributed by atoms with Gasteiger partial charge >= 0.3 is 0 Å². The fourth-order valence-electron chi connectivity index (χ4n) is 3.40. The van der Waals surface area contributed by atoms with Crippen LogP contribution >= 0.6 is 0 Å². The van der Waals surface area contributed by atoms with Gasteiger partial charge in [-0.3, -0.25) is 9.59 Å². The van der Waals surface area contributed by atoms with Crippen molar-refractivity contribution in [2.45, 2.75) is 32.2 Å². The summed E-state index contributed by atoms with van der Waals surface area (Å²) in [6, 6.07) is 15.0. The second-order valence-corrected chi connectivity index (χ2v) is 7.20. The number of nitrogens with one attached hydrogen (secondary N) is 1. The Hall–Kier alpha value is -3.02. The number of nitrogens with zero attached hydrogens (tertiary/aromatic N) is 1.